The first-order valence-corrected chi connectivity index (χ1v) is 5.57. The van der Waals surface area contributed by atoms with E-state index < -0.39 is 0 Å². The molecule has 0 saturated heterocycles. The van der Waals surface area contributed by atoms with Crippen molar-refractivity contribution < 1.29 is 0 Å². The molecule has 3 aromatic rings. The SMILES string of the molecule is Cc1cc(Cl)c2cc3ccccc3nc2c1. The van der Waals surface area contributed by atoms with Crippen LogP contribution in [0.1, 0.15) is 5.56 Å². The van der Waals surface area contributed by atoms with E-state index in [1.165, 1.54) is 0 Å². The summed E-state index contributed by atoms with van der Waals surface area (Å²) in [7, 11) is 0. The zero-order valence-corrected chi connectivity index (χ0v) is 9.62. The number of nitrogens with zero attached hydrogens (tertiary/aromatic N) is 1. The molecule has 0 unspecified atom stereocenters. The minimum Gasteiger partial charge on any atom is -0.248 e. The number of rotatable bonds is 0. The molecular formula is C14H10ClN. The fourth-order valence-corrected chi connectivity index (χ4v) is 2.29. The van der Waals surface area contributed by atoms with Crippen LogP contribution in [0.4, 0.5) is 0 Å². The molecule has 1 nitrogen and oxygen atoms in total. The maximum absolute atomic E-state index is 6.22. The Hall–Kier alpha value is -1.60. The van der Waals surface area contributed by atoms with Gasteiger partial charge in [0.25, 0.3) is 0 Å². The van der Waals surface area contributed by atoms with Crippen LogP contribution in [0.2, 0.25) is 5.02 Å². The lowest BCUT2D eigenvalue weighted by Crippen LogP contribution is -1.84. The summed E-state index contributed by atoms with van der Waals surface area (Å²) in [6.07, 6.45) is 0. The molecule has 1 aromatic heterocycles. The summed E-state index contributed by atoms with van der Waals surface area (Å²) in [5, 5.41) is 2.92. The van der Waals surface area contributed by atoms with Crippen LogP contribution >= 0.6 is 11.6 Å². The summed E-state index contributed by atoms with van der Waals surface area (Å²) in [4.78, 5) is 4.61. The summed E-state index contributed by atoms with van der Waals surface area (Å²) in [6.45, 7) is 2.03. The van der Waals surface area contributed by atoms with Crippen molar-refractivity contribution in [2.75, 3.05) is 0 Å². The predicted octanol–water partition coefficient (Wildman–Crippen LogP) is 4.35. The second kappa shape index (κ2) is 3.46. The number of benzene rings is 2. The van der Waals surface area contributed by atoms with Gasteiger partial charge >= 0.3 is 0 Å². The Morgan fingerprint density at radius 3 is 2.69 bits per heavy atom. The molecule has 0 saturated carbocycles. The number of hydrogen-bond acceptors (Lipinski definition) is 1. The molecule has 16 heavy (non-hydrogen) atoms. The van der Waals surface area contributed by atoms with E-state index in [1.54, 1.807) is 0 Å². The van der Waals surface area contributed by atoms with Gasteiger partial charge in [0.05, 0.1) is 16.1 Å². The van der Waals surface area contributed by atoms with E-state index in [4.69, 9.17) is 11.6 Å². The van der Waals surface area contributed by atoms with Crippen molar-refractivity contribution in [3.05, 3.63) is 53.1 Å². The molecule has 1 heterocycles. The molecule has 0 fully saturated rings. The molecule has 2 heteroatoms. The molecule has 0 bridgehead atoms. The van der Waals surface area contributed by atoms with E-state index in [0.29, 0.717) is 0 Å². The van der Waals surface area contributed by atoms with E-state index in [9.17, 15) is 0 Å². The van der Waals surface area contributed by atoms with Crippen molar-refractivity contribution >= 4 is 33.4 Å². The number of aryl methyl sites for hydroxylation is 1. The fourth-order valence-electron chi connectivity index (χ4n) is 1.97. The van der Waals surface area contributed by atoms with Crippen molar-refractivity contribution in [3.8, 4) is 0 Å². The molecule has 0 radical (unpaired) electrons. The lowest BCUT2D eigenvalue weighted by Gasteiger charge is -2.04. The molecule has 0 amide bonds. The van der Waals surface area contributed by atoms with Crippen molar-refractivity contribution in [1.29, 1.82) is 0 Å². The van der Waals surface area contributed by atoms with Crippen LogP contribution in [0.15, 0.2) is 42.5 Å². The van der Waals surface area contributed by atoms with E-state index in [1.807, 2.05) is 31.2 Å². The van der Waals surface area contributed by atoms with Crippen LogP contribution in [0, 0.1) is 6.92 Å². The van der Waals surface area contributed by atoms with Crippen LogP contribution in [0.3, 0.4) is 0 Å². The highest BCUT2D eigenvalue weighted by atomic mass is 35.5. The van der Waals surface area contributed by atoms with Gasteiger partial charge in [0, 0.05) is 10.8 Å². The standard InChI is InChI=1S/C14H10ClN/c1-9-6-12(15)11-8-10-4-2-3-5-13(10)16-14(11)7-9/h2-8H,1H3. The number of para-hydroxylation sites is 1. The van der Waals surface area contributed by atoms with Crippen molar-refractivity contribution in [1.82, 2.24) is 4.98 Å². The van der Waals surface area contributed by atoms with Gasteiger partial charge in [-0.1, -0.05) is 29.8 Å². The second-order valence-corrected chi connectivity index (χ2v) is 4.40. The Labute approximate surface area is 98.7 Å². The average molecular weight is 228 g/mol. The molecule has 0 aliphatic rings. The first-order valence-electron chi connectivity index (χ1n) is 5.20. The average Bonchev–Trinajstić information content (AvgIpc) is 2.27. The van der Waals surface area contributed by atoms with Gasteiger partial charge in [-0.2, -0.15) is 0 Å². The van der Waals surface area contributed by atoms with Gasteiger partial charge in [-0.3, -0.25) is 0 Å². The number of halogens is 1. The Balaban J connectivity index is 2.51. The predicted molar refractivity (Wildman–Crippen MR) is 69.0 cm³/mol. The van der Waals surface area contributed by atoms with Gasteiger partial charge < -0.3 is 0 Å². The molecule has 0 N–H and O–H groups in total. The Kier molecular flexibility index (Phi) is 2.08. The highest BCUT2D eigenvalue weighted by Gasteiger charge is 2.03. The van der Waals surface area contributed by atoms with E-state index in [2.05, 4.69) is 23.2 Å². The van der Waals surface area contributed by atoms with Crippen LogP contribution in [-0.2, 0) is 0 Å². The molecule has 78 valence electrons. The van der Waals surface area contributed by atoms with Gasteiger partial charge in [-0.25, -0.2) is 4.98 Å². The number of hydrogen-bond donors (Lipinski definition) is 0. The normalized spacial score (nSPS) is 11.1. The van der Waals surface area contributed by atoms with Gasteiger partial charge in [-0.05, 0) is 36.8 Å². The second-order valence-electron chi connectivity index (χ2n) is 3.99. The van der Waals surface area contributed by atoms with Crippen LogP contribution < -0.4 is 0 Å². The summed E-state index contributed by atoms with van der Waals surface area (Å²) < 4.78 is 0. The summed E-state index contributed by atoms with van der Waals surface area (Å²) in [6, 6.07) is 14.2. The van der Waals surface area contributed by atoms with Crippen molar-refractivity contribution in [2.24, 2.45) is 0 Å². The highest BCUT2D eigenvalue weighted by Crippen LogP contribution is 2.27. The monoisotopic (exact) mass is 227 g/mol. The topological polar surface area (TPSA) is 12.9 Å². The Bertz CT molecular complexity index is 689. The summed E-state index contributed by atoms with van der Waals surface area (Å²) >= 11 is 6.22. The number of pyridine rings is 1. The largest absolute Gasteiger partial charge is 0.248 e. The maximum Gasteiger partial charge on any atom is 0.0727 e. The van der Waals surface area contributed by atoms with Crippen molar-refractivity contribution in [2.45, 2.75) is 6.92 Å². The molecule has 0 aliphatic carbocycles. The third-order valence-electron chi connectivity index (χ3n) is 2.73. The molecule has 2 aromatic carbocycles. The Morgan fingerprint density at radius 2 is 1.81 bits per heavy atom. The lowest BCUT2D eigenvalue weighted by atomic mass is 10.1. The zero-order chi connectivity index (χ0) is 11.1. The first kappa shape index (κ1) is 9.61. The Morgan fingerprint density at radius 1 is 1.00 bits per heavy atom. The van der Waals surface area contributed by atoms with Gasteiger partial charge in [0.1, 0.15) is 0 Å². The molecule has 0 aliphatic heterocycles. The van der Waals surface area contributed by atoms with Gasteiger partial charge in [-0.15, -0.1) is 0 Å². The molecule has 3 rings (SSSR count). The van der Waals surface area contributed by atoms with Gasteiger partial charge in [0.2, 0.25) is 0 Å². The highest BCUT2D eigenvalue weighted by molar-refractivity contribution is 6.35. The first-order chi connectivity index (χ1) is 7.74. The van der Waals surface area contributed by atoms with Crippen LogP contribution in [0.25, 0.3) is 21.8 Å². The van der Waals surface area contributed by atoms with Crippen molar-refractivity contribution in [3.63, 3.8) is 0 Å². The third-order valence-corrected chi connectivity index (χ3v) is 3.04. The molecule has 0 spiro atoms. The number of aromatic nitrogens is 1. The number of fused-ring (bicyclic) bond motifs is 2. The molecular weight excluding hydrogens is 218 g/mol. The van der Waals surface area contributed by atoms with E-state index in [0.717, 1.165) is 32.4 Å². The van der Waals surface area contributed by atoms with Crippen LogP contribution in [-0.4, -0.2) is 4.98 Å². The maximum atomic E-state index is 6.22. The minimum absolute atomic E-state index is 0.772. The summed E-state index contributed by atoms with van der Waals surface area (Å²) in [5.74, 6) is 0. The van der Waals surface area contributed by atoms with E-state index in [-0.39, 0.29) is 0 Å². The van der Waals surface area contributed by atoms with Crippen LogP contribution in [0.5, 0.6) is 0 Å². The lowest BCUT2D eigenvalue weighted by molar-refractivity contribution is 1.44. The zero-order valence-electron chi connectivity index (χ0n) is 8.87. The van der Waals surface area contributed by atoms with E-state index >= 15 is 0 Å². The van der Waals surface area contributed by atoms with Gasteiger partial charge in [0.15, 0.2) is 0 Å². The molecule has 0 atom stereocenters. The summed E-state index contributed by atoms with van der Waals surface area (Å²) in [5.41, 5.74) is 3.11. The minimum atomic E-state index is 0.772. The smallest absolute Gasteiger partial charge is 0.0727 e. The quantitative estimate of drug-likeness (QED) is 0.521. The third kappa shape index (κ3) is 1.44. The fraction of sp³-hybridized carbons (Fsp3) is 0.0714.